The lowest BCUT2D eigenvalue weighted by Gasteiger charge is -2.17. The van der Waals surface area contributed by atoms with Crippen molar-refractivity contribution in [2.75, 3.05) is 0 Å². The molecule has 0 saturated heterocycles. The average Bonchev–Trinajstić information content (AvgIpc) is 3.87. The van der Waals surface area contributed by atoms with Gasteiger partial charge < -0.3 is 9.13 Å². The van der Waals surface area contributed by atoms with Crippen LogP contribution in [0.4, 0.5) is 0 Å². The molecular formula is C57H37N5. The van der Waals surface area contributed by atoms with Crippen LogP contribution in [-0.2, 0) is 0 Å². The van der Waals surface area contributed by atoms with Crippen LogP contribution in [0.5, 0.6) is 0 Å². The molecule has 0 saturated carbocycles. The molecule has 5 heteroatoms. The van der Waals surface area contributed by atoms with Crippen molar-refractivity contribution >= 4 is 43.6 Å². The third kappa shape index (κ3) is 5.90. The molecule has 0 aliphatic heterocycles. The summed E-state index contributed by atoms with van der Waals surface area (Å²) < 4.78 is 4.86. The van der Waals surface area contributed by atoms with E-state index in [2.05, 4.69) is 173 Å². The van der Waals surface area contributed by atoms with Crippen LogP contribution in [0.3, 0.4) is 0 Å². The van der Waals surface area contributed by atoms with Gasteiger partial charge in [0, 0.05) is 55.0 Å². The largest absolute Gasteiger partial charge is 0.309 e. The Hall–Kier alpha value is -8.41. The van der Waals surface area contributed by atoms with Crippen LogP contribution in [0.2, 0.25) is 0 Å². The van der Waals surface area contributed by atoms with E-state index in [4.69, 9.17) is 15.0 Å². The average molecular weight is 792 g/mol. The van der Waals surface area contributed by atoms with E-state index in [1.54, 1.807) is 0 Å². The van der Waals surface area contributed by atoms with Crippen molar-refractivity contribution in [3.63, 3.8) is 0 Å². The van der Waals surface area contributed by atoms with E-state index in [9.17, 15) is 0 Å². The third-order valence-electron chi connectivity index (χ3n) is 12.0. The number of aromatic nitrogens is 5. The van der Waals surface area contributed by atoms with Crippen LogP contribution in [0, 0.1) is 0 Å². The van der Waals surface area contributed by atoms with E-state index in [1.807, 2.05) is 60.7 Å². The maximum atomic E-state index is 5.02. The van der Waals surface area contributed by atoms with Crippen LogP contribution < -0.4 is 0 Å². The summed E-state index contributed by atoms with van der Waals surface area (Å²) in [5, 5.41) is 4.86. The molecular weight excluding hydrogens is 755 g/mol. The van der Waals surface area contributed by atoms with E-state index in [-0.39, 0.29) is 0 Å². The maximum Gasteiger partial charge on any atom is 0.164 e. The van der Waals surface area contributed by atoms with Gasteiger partial charge >= 0.3 is 0 Å². The van der Waals surface area contributed by atoms with Crippen LogP contribution in [0.15, 0.2) is 224 Å². The molecule has 0 atom stereocenters. The van der Waals surface area contributed by atoms with Crippen molar-refractivity contribution in [1.29, 1.82) is 0 Å². The molecule has 0 fully saturated rings. The first-order valence-corrected chi connectivity index (χ1v) is 21.0. The smallest absolute Gasteiger partial charge is 0.164 e. The van der Waals surface area contributed by atoms with Gasteiger partial charge in [0.2, 0.25) is 0 Å². The van der Waals surface area contributed by atoms with Crippen LogP contribution in [0.25, 0.3) is 111 Å². The normalized spacial score (nSPS) is 11.5. The first-order chi connectivity index (χ1) is 30.8. The molecule has 5 nitrogen and oxygen atoms in total. The minimum atomic E-state index is 0.634. The standard InChI is InChI=1S/C57H37N5/c1-4-18-38(19-5-1)55-58-56(39-20-6-2-7-21-39)60-57(59-55)42-23-16-22-40(36-42)41-34-35-53-49(37-41)46-28-12-15-33-52(46)62(53)51-32-14-11-27-45(51)48-30-17-29-47-44-26-10-13-31-50(44)61(54(47)48)43-24-8-3-9-25-43/h1-37H. The van der Waals surface area contributed by atoms with Crippen molar-refractivity contribution in [3.8, 4) is 67.8 Å². The van der Waals surface area contributed by atoms with Gasteiger partial charge in [0.05, 0.1) is 27.8 Å². The van der Waals surface area contributed by atoms with Crippen molar-refractivity contribution < 1.29 is 0 Å². The summed E-state index contributed by atoms with van der Waals surface area (Å²) in [6.07, 6.45) is 0. The van der Waals surface area contributed by atoms with Gasteiger partial charge in [0.15, 0.2) is 17.5 Å². The van der Waals surface area contributed by atoms with Gasteiger partial charge in [-0.2, -0.15) is 0 Å². The second-order valence-electron chi connectivity index (χ2n) is 15.6. The highest BCUT2D eigenvalue weighted by Crippen LogP contribution is 2.42. The molecule has 0 amide bonds. The second-order valence-corrected chi connectivity index (χ2v) is 15.6. The summed E-state index contributed by atoms with van der Waals surface area (Å²) in [4.78, 5) is 15.0. The number of hydrogen-bond donors (Lipinski definition) is 0. The number of nitrogens with zero attached hydrogens (tertiary/aromatic N) is 5. The van der Waals surface area contributed by atoms with Gasteiger partial charge in [-0.05, 0) is 59.7 Å². The molecule has 3 heterocycles. The molecule has 0 unspecified atom stereocenters. The summed E-state index contributed by atoms with van der Waals surface area (Å²) in [6.45, 7) is 0. The van der Waals surface area contributed by atoms with E-state index in [1.165, 1.54) is 43.7 Å². The highest BCUT2D eigenvalue weighted by Gasteiger charge is 2.21. The van der Waals surface area contributed by atoms with Gasteiger partial charge in [0.25, 0.3) is 0 Å². The van der Waals surface area contributed by atoms with Gasteiger partial charge in [0.1, 0.15) is 0 Å². The maximum absolute atomic E-state index is 5.02. The van der Waals surface area contributed by atoms with Gasteiger partial charge in [-0.15, -0.1) is 0 Å². The summed E-state index contributed by atoms with van der Waals surface area (Å²) >= 11 is 0. The van der Waals surface area contributed by atoms with E-state index >= 15 is 0 Å². The number of benzene rings is 9. The van der Waals surface area contributed by atoms with Crippen LogP contribution >= 0.6 is 0 Å². The minimum Gasteiger partial charge on any atom is -0.309 e. The summed E-state index contributed by atoms with van der Waals surface area (Å²) in [5.41, 5.74) is 14.3. The SMILES string of the molecule is c1ccc(-c2nc(-c3ccccc3)nc(-c3cccc(-c4ccc5c(c4)c4ccccc4n5-c4ccccc4-c4cccc5c6ccccc6n(-c6ccccc6)c45)c3)n2)cc1. The molecule has 3 aromatic heterocycles. The fourth-order valence-electron chi connectivity index (χ4n) is 9.17. The minimum absolute atomic E-state index is 0.634. The lowest BCUT2D eigenvalue weighted by Crippen LogP contribution is -2.00. The molecule has 0 aliphatic carbocycles. The Labute approximate surface area is 358 Å². The molecule has 0 N–H and O–H groups in total. The van der Waals surface area contributed by atoms with Crippen LogP contribution in [0.1, 0.15) is 0 Å². The van der Waals surface area contributed by atoms with E-state index < -0.39 is 0 Å². The van der Waals surface area contributed by atoms with Gasteiger partial charge in [-0.25, -0.2) is 15.0 Å². The Morgan fingerprint density at radius 1 is 0.274 bits per heavy atom. The molecule has 12 rings (SSSR count). The third-order valence-corrected chi connectivity index (χ3v) is 12.0. The number of fused-ring (bicyclic) bond motifs is 6. The Morgan fingerprint density at radius 3 is 1.45 bits per heavy atom. The van der Waals surface area contributed by atoms with Gasteiger partial charge in [-0.1, -0.05) is 176 Å². The number of rotatable bonds is 7. The molecule has 12 aromatic rings. The Balaban J connectivity index is 1.02. The monoisotopic (exact) mass is 791 g/mol. The number of hydrogen-bond acceptors (Lipinski definition) is 3. The molecule has 0 spiro atoms. The fraction of sp³-hybridized carbons (Fsp3) is 0. The summed E-state index contributed by atoms with van der Waals surface area (Å²) in [7, 11) is 0. The molecule has 9 aromatic carbocycles. The van der Waals surface area contributed by atoms with Crippen molar-refractivity contribution in [2.24, 2.45) is 0 Å². The Morgan fingerprint density at radius 2 is 0.742 bits per heavy atom. The molecule has 0 bridgehead atoms. The second kappa shape index (κ2) is 14.7. The highest BCUT2D eigenvalue weighted by molar-refractivity contribution is 6.15. The molecule has 290 valence electrons. The van der Waals surface area contributed by atoms with Crippen molar-refractivity contribution in [2.45, 2.75) is 0 Å². The first-order valence-electron chi connectivity index (χ1n) is 21.0. The van der Waals surface area contributed by atoms with Gasteiger partial charge in [-0.3, -0.25) is 0 Å². The Kier molecular flexibility index (Phi) is 8.42. The molecule has 0 aliphatic rings. The lowest BCUT2D eigenvalue weighted by molar-refractivity contribution is 1.07. The van der Waals surface area contributed by atoms with E-state index in [0.717, 1.165) is 50.2 Å². The lowest BCUT2D eigenvalue weighted by atomic mass is 9.99. The zero-order chi connectivity index (χ0) is 41.0. The number of para-hydroxylation sites is 5. The summed E-state index contributed by atoms with van der Waals surface area (Å²) in [6, 6.07) is 79.4. The van der Waals surface area contributed by atoms with Crippen LogP contribution in [-0.4, -0.2) is 24.1 Å². The predicted molar refractivity (Wildman–Crippen MR) is 256 cm³/mol. The zero-order valence-corrected chi connectivity index (χ0v) is 33.6. The summed E-state index contributed by atoms with van der Waals surface area (Å²) in [5.74, 6) is 1.93. The Bertz CT molecular complexity index is 3570. The van der Waals surface area contributed by atoms with E-state index in [0.29, 0.717) is 17.5 Å². The fourth-order valence-corrected chi connectivity index (χ4v) is 9.17. The first kappa shape index (κ1) is 35.5. The predicted octanol–water partition coefficient (Wildman–Crippen LogP) is 14.4. The quantitative estimate of drug-likeness (QED) is 0.162. The van der Waals surface area contributed by atoms with Crippen molar-refractivity contribution in [3.05, 3.63) is 224 Å². The molecule has 62 heavy (non-hydrogen) atoms. The molecule has 0 radical (unpaired) electrons. The zero-order valence-electron chi connectivity index (χ0n) is 33.6. The topological polar surface area (TPSA) is 48.5 Å². The van der Waals surface area contributed by atoms with Crippen molar-refractivity contribution in [1.82, 2.24) is 24.1 Å². The highest BCUT2D eigenvalue weighted by atomic mass is 15.0.